The number of methoxy groups -OCH3 is 1. The largest absolute Gasteiger partial charge is 0.468 e. The minimum Gasteiger partial charge on any atom is -0.468 e. The van der Waals surface area contributed by atoms with E-state index >= 15 is 8.78 Å². The third kappa shape index (κ3) is 3.73. The highest BCUT2D eigenvalue weighted by molar-refractivity contribution is 7.89. The molecule has 2 aromatic carbocycles. The van der Waals surface area contributed by atoms with Crippen molar-refractivity contribution < 1.29 is 26.7 Å². The van der Waals surface area contributed by atoms with E-state index < -0.39 is 38.3 Å². The van der Waals surface area contributed by atoms with E-state index in [-0.39, 0.29) is 23.7 Å². The van der Waals surface area contributed by atoms with Crippen molar-refractivity contribution in [1.82, 2.24) is 4.31 Å². The Kier molecular flexibility index (Phi) is 6.11. The molecule has 2 aliphatic rings. The van der Waals surface area contributed by atoms with Crippen LogP contribution in [0.2, 0.25) is 0 Å². The topological polar surface area (TPSA) is 63.7 Å². The summed E-state index contributed by atoms with van der Waals surface area (Å²) in [6, 6.07) is 10.7. The van der Waals surface area contributed by atoms with Gasteiger partial charge in [0.2, 0.25) is 10.0 Å². The molecule has 0 aromatic heterocycles. The molecule has 4 rings (SSSR count). The van der Waals surface area contributed by atoms with E-state index in [1.807, 2.05) is 6.07 Å². The van der Waals surface area contributed by atoms with E-state index in [9.17, 15) is 13.2 Å². The van der Waals surface area contributed by atoms with Crippen LogP contribution < -0.4 is 0 Å². The first-order chi connectivity index (χ1) is 15.2. The van der Waals surface area contributed by atoms with Gasteiger partial charge in [0, 0.05) is 23.7 Å². The lowest BCUT2D eigenvalue weighted by atomic mass is 9.64. The maximum atomic E-state index is 15.1. The average Bonchev–Trinajstić information content (AvgIpc) is 2.73. The molecule has 0 bridgehead atoms. The minimum atomic E-state index is -3.77. The van der Waals surface area contributed by atoms with Gasteiger partial charge in [0.15, 0.2) is 0 Å². The van der Waals surface area contributed by atoms with Crippen molar-refractivity contribution in [2.75, 3.05) is 7.11 Å². The lowest BCUT2D eigenvalue weighted by molar-refractivity contribution is -0.151. The smallest absolute Gasteiger partial charge is 0.316 e. The van der Waals surface area contributed by atoms with Gasteiger partial charge >= 0.3 is 5.97 Å². The summed E-state index contributed by atoms with van der Waals surface area (Å²) < 4.78 is 63.1. The zero-order valence-electron chi connectivity index (χ0n) is 18.2. The first-order valence-corrected chi connectivity index (χ1v) is 12.3. The second-order valence-electron chi connectivity index (χ2n) is 8.77. The highest BCUT2D eigenvalue weighted by Crippen LogP contribution is 2.46. The van der Waals surface area contributed by atoms with Crippen molar-refractivity contribution >= 4 is 16.0 Å². The number of benzene rings is 2. The molecule has 1 heterocycles. The Bertz CT molecular complexity index is 1120. The zero-order valence-corrected chi connectivity index (χ0v) is 19.0. The van der Waals surface area contributed by atoms with Crippen LogP contribution in [0.1, 0.15) is 61.0 Å². The van der Waals surface area contributed by atoms with Crippen LogP contribution >= 0.6 is 0 Å². The Morgan fingerprint density at radius 3 is 2.41 bits per heavy atom. The average molecular weight is 464 g/mol. The standard InChI is InChI=1S/C24H27F2NO4S/c1-16-9-10-22(17-7-4-3-5-8-17)32(29,30)27(16)15-18-13-21(26)19(14-20(18)25)24(11-6-12-24)23(28)31-2/h3-5,7-8,13-14,16,22H,6,9-12,15H2,1-2H3/t16-,22+/m0/s1. The number of hydrogen-bond acceptors (Lipinski definition) is 4. The number of esters is 1. The van der Waals surface area contributed by atoms with Gasteiger partial charge in [-0.1, -0.05) is 36.8 Å². The van der Waals surface area contributed by atoms with E-state index in [1.54, 1.807) is 31.2 Å². The number of rotatable bonds is 5. The predicted octanol–water partition coefficient (Wildman–Crippen LogP) is 4.61. The molecule has 1 aliphatic carbocycles. The summed E-state index contributed by atoms with van der Waals surface area (Å²) in [6.07, 6.45) is 2.60. The molecule has 0 N–H and O–H groups in total. The normalized spacial score (nSPS) is 24.5. The summed E-state index contributed by atoms with van der Waals surface area (Å²) in [7, 11) is -2.54. The van der Waals surface area contributed by atoms with Gasteiger partial charge in [0.05, 0.1) is 12.5 Å². The molecular weight excluding hydrogens is 436 g/mol. The zero-order chi connectivity index (χ0) is 23.1. The fourth-order valence-corrected chi connectivity index (χ4v) is 7.09. The molecule has 2 aromatic rings. The number of halogens is 2. The summed E-state index contributed by atoms with van der Waals surface area (Å²) in [5.41, 5.74) is -0.541. The highest BCUT2D eigenvalue weighted by Gasteiger charge is 2.49. The number of nitrogens with zero attached hydrogens (tertiary/aromatic N) is 1. The molecule has 1 aliphatic heterocycles. The van der Waals surface area contributed by atoms with Gasteiger partial charge in [-0.2, -0.15) is 4.31 Å². The van der Waals surface area contributed by atoms with Crippen LogP contribution in [0.5, 0.6) is 0 Å². The van der Waals surface area contributed by atoms with Crippen LogP contribution in [-0.4, -0.2) is 31.8 Å². The van der Waals surface area contributed by atoms with Crippen molar-refractivity contribution in [3.63, 3.8) is 0 Å². The van der Waals surface area contributed by atoms with Gasteiger partial charge in [-0.3, -0.25) is 4.79 Å². The maximum Gasteiger partial charge on any atom is 0.316 e. The SMILES string of the molecule is COC(=O)C1(c2cc(F)c(CN3[C@@H](C)CC[C@H](c4ccccc4)S3(=O)=O)cc2F)CCC1. The third-order valence-electron chi connectivity index (χ3n) is 6.96. The summed E-state index contributed by atoms with van der Waals surface area (Å²) in [6.45, 7) is 1.52. The van der Waals surface area contributed by atoms with E-state index in [2.05, 4.69) is 0 Å². The molecular formula is C24H27F2NO4S. The maximum absolute atomic E-state index is 15.1. The second-order valence-corrected chi connectivity index (χ2v) is 10.8. The summed E-state index contributed by atoms with van der Waals surface area (Å²) in [5, 5.41) is -0.718. The third-order valence-corrected chi connectivity index (χ3v) is 9.33. The molecule has 5 nitrogen and oxygen atoms in total. The van der Waals surface area contributed by atoms with Crippen LogP contribution in [-0.2, 0) is 31.5 Å². The van der Waals surface area contributed by atoms with Crippen LogP contribution in [0.4, 0.5) is 8.78 Å². The molecule has 8 heteroatoms. The molecule has 172 valence electrons. The summed E-state index contributed by atoms with van der Waals surface area (Å²) in [4.78, 5) is 12.3. The highest BCUT2D eigenvalue weighted by atomic mass is 32.2. The molecule has 32 heavy (non-hydrogen) atoms. The fraction of sp³-hybridized carbons (Fsp3) is 0.458. The molecule has 1 saturated carbocycles. The summed E-state index contributed by atoms with van der Waals surface area (Å²) in [5.74, 6) is -2.01. The molecule has 0 amide bonds. The number of sulfonamides is 1. The van der Waals surface area contributed by atoms with Gasteiger partial charge in [-0.15, -0.1) is 0 Å². The number of hydrogen-bond donors (Lipinski definition) is 0. The Morgan fingerprint density at radius 1 is 1.12 bits per heavy atom. The molecule has 1 saturated heterocycles. The number of carbonyl (C=O) groups is 1. The minimum absolute atomic E-state index is 0.0199. The van der Waals surface area contributed by atoms with Crippen molar-refractivity contribution in [2.45, 2.75) is 62.3 Å². The van der Waals surface area contributed by atoms with Gasteiger partial charge in [0.1, 0.15) is 16.9 Å². The van der Waals surface area contributed by atoms with Crippen LogP contribution in [0.15, 0.2) is 42.5 Å². The van der Waals surface area contributed by atoms with Crippen LogP contribution in [0, 0.1) is 11.6 Å². The van der Waals surface area contributed by atoms with E-state index in [1.165, 1.54) is 11.4 Å². The van der Waals surface area contributed by atoms with Crippen molar-refractivity contribution in [3.8, 4) is 0 Å². The predicted molar refractivity (Wildman–Crippen MR) is 116 cm³/mol. The van der Waals surface area contributed by atoms with Crippen molar-refractivity contribution in [3.05, 3.63) is 70.8 Å². The lowest BCUT2D eigenvalue weighted by Crippen LogP contribution is -2.45. The van der Waals surface area contributed by atoms with E-state index in [4.69, 9.17) is 4.74 Å². The number of ether oxygens (including phenoxy) is 1. The molecule has 0 unspecified atom stereocenters. The lowest BCUT2D eigenvalue weighted by Gasteiger charge is -2.40. The molecule has 0 radical (unpaired) electrons. The van der Waals surface area contributed by atoms with Gasteiger partial charge in [-0.05, 0) is 50.3 Å². The Morgan fingerprint density at radius 2 is 1.81 bits per heavy atom. The second kappa shape index (κ2) is 8.56. The molecule has 2 fully saturated rings. The fourth-order valence-electron chi connectivity index (χ4n) is 4.90. The van der Waals surface area contributed by atoms with Gasteiger partial charge < -0.3 is 4.74 Å². The quantitative estimate of drug-likeness (QED) is 0.608. The Balaban J connectivity index is 1.66. The van der Waals surface area contributed by atoms with E-state index in [0.29, 0.717) is 31.2 Å². The molecule has 2 atom stereocenters. The van der Waals surface area contributed by atoms with Gasteiger partial charge in [-0.25, -0.2) is 17.2 Å². The first kappa shape index (κ1) is 22.9. The van der Waals surface area contributed by atoms with Crippen molar-refractivity contribution in [1.29, 1.82) is 0 Å². The first-order valence-electron chi connectivity index (χ1n) is 10.8. The monoisotopic (exact) mass is 463 g/mol. The van der Waals surface area contributed by atoms with Gasteiger partial charge in [0.25, 0.3) is 0 Å². The Hall–Kier alpha value is -2.32. The summed E-state index contributed by atoms with van der Waals surface area (Å²) >= 11 is 0. The Labute approximate surface area is 187 Å². The van der Waals surface area contributed by atoms with Crippen molar-refractivity contribution in [2.24, 2.45) is 0 Å². The molecule has 0 spiro atoms. The number of carbonyl (C=O) groups excluding carboxylic acids is 1. The van der Waals surface area contributed by atoms with Crippen LogP contribution in [0.3, 0.4) is 0 Å². The van der Waals surface area contributed by atoms with Crippen LogP contribution in [0.25, 0.3) is 0 Å². The van der Waals surface area contributed by atoms with E-state index in [0.717, 1.165) is 18.6 Å².